The van der Waals surface area contributed by atoms with Crippen molar-refractivity contribution in [1.29, 1.82) is 0 Å². The topological polar surface area (TPSA) is 55.6 Å². The number of carbonyl (C=O) groups is 1. The van der Waals surface area contributed by atoms with Crippen LogP contribution in [0.1, 0.15) is 44.2 Å². The zero-order chi connectivity index (χ0) is 21.5. The fraction of sp³-hybridized carbons (Fsp3) is 0.360. The third-order valence-electron chi connectivity index (χ3n) is 5.59. The largest absolute Gasteiger partial charge is 0.457 e. The molecule has 0 bridgehead atoms. The Balaban J connectivity index is 1.35. The first-order valence-corrected chi connectivity index (χ1v) is 11.9. The number of para-hydroxylation sites is 1. The predicted octanol–water partition coefficient (Wildman–Crippen LogP) is 5.68. The fourth-order valence-electron chi connectivity index (χ4n) is 3.82. The summed E-state index contributed by atoms with van der Waals surface area (Å²) in [7, 11) is 2.00. The number of anilines is 1. The van der Waals surface area contributed by atoms with E-state index in [0.29, 0.717) is 12.5 Å². The molecule has 4 rings (SSSR count). The quantitative estimate of drug-likeness (QED) is 0.506. The Bertz CT molecular complexity index is 1050. The van der Waals surface area contributed by atoms with Crippen molar-refractivity contribution in [3.05, 3.63) is 70.5 Å². The molecule has 0 radical (unpaired) electrons. The van der Waals surface area contributed by atoms with E-state index in [9.17, 15) is 4.79 Å². The van der Waals surface area contributed by atoms with Crippen LogP contribution in [0.5, 0.6) is 11.5 Å². The lowest BCUT2D eigenvalue weighted by Crippen LogP contribution is -2.21. The molecule has 1 aliphatic carbocycles. The molecule has 31 heavy (non-hydrogen) atoms. The van der Waals surface area contributed by atoms with Gasteiger partial charge in [-0.2, -0.15) is 0 Å². The van der Waals surface area contributed by atoms with Gasteiger partial charge in [-0.25, -0.2) is 0 Å². The van der Waals surface area contributed by atoms with E-state index in [1.807, 2.05) is 67.0 Å². The molecule has 1 fully saturated rings. The summed E-state index contributed by atoms with van der Waals surface area (Å²) in [5.74, 6) is 1.48. The van der Waals surface area contributed by atoms with Crippen molar-refractivity contribution in [2.24, 2.45) is 12.0 Å². The van der Waals surface area contributed by atoms with E-state index in [4.69, 9.17) is 9.73 Å². The third-order valence-corrected chi connectivity index (χ3v) is 6.57. The van der Waals surface area contributed by atoms with Gasteiger partial charge in [0.15, 0.2) is 4.80 Å². The average molecular weight is 436 g/mol. The van der Waals surface area contributed by atoms with E-state index < -0.39 is 0 Å². The Kier molecular flexibility index (Phi) is 7.20. The monoisotopic (exact) mass is 435 g/mol. The van der Waals surface area contributed by atoms with Crippen molar-refractivity contribution in [2.75, 3.05) is 5.32 Å². The maximum atomic E-state index is 12.6. The van der Waals surface area contributed by atoms with Gasteiger partial charge in [0.25, 0.3) is 0 Å². The van der Waals surface area contributed by atoms with Crippen LogP contribution in [0.2, 0.25) is 0 Å². The lowest BCUT2D eigenvalue weighted by molar-refractivity contribution is -0.115. The predicted molar refractivity (Wildman–Crippen MR) is 126 cm³/mol. The number of thiazole rings is 1. The summed E-state index contributed by atoms with van der Waals surface area (Å²) < 4.78 is 7.86. The van der Waals surface area contributed by atoms with E-state index in [1.165, 1.54) is 38.5 Å². The van der Waals surface area contributed by atoms with Gasteiger partial charge in [0.2, 0.25) is 5.91 Å². The molecular formula is C25H29N3O2S. The molecule has 1 heterocycles. The van der Waals surface area contributed by atoms with E-state index >= 15 is 0 Å². The second-order valence-corrected chi connectivity index (χ2v) is 8.84. The summed E-state index contributed by atoms with van der Waals surface area (Å²) in [5.41, 5.74) is 1.74. The molecule has 1 N–H and O–H groups in total. The van der Waals surface area contributed by atoms with Crippen LogP contribution in [0.25, 0.3) is 0 Å². The Morgan fingerprint density at radius 2 is 1.71 bits per heavy atom. The second-order valence-electron chi connectivity index (χ2n) is 8.01. The SMILES string of the molecule is Cn1c(CC(=O)Nc2ccc(Oc3ccccc3)cc2)csc1=NC1CCCCCC1. The molecule has 2 aromatic carbocycles. The Hall–Kier alpha value is -2.86. The zero-order valence-corrected chi connectivity index (χ0v) is 18.7. The first kappa shape index (κ1) is 21.4. The molecule has 0 spiro atoms. The molecule has 6 heteroatoms. The first-order valence-electron chi connectivity index (χ1n) is 11.0. The van der Waals surface area contributed by atoms with Crippen LogP contribution in [0.15, 0.2) is 65.0 Å². The Morgan fingerprint density at radius 1 is 1.03 bits per heavy atom. The summed E-state index contributed by atoms with van der Waals surface area (Å²) in [6.07, 6.45) is 7.88. The lowest BCUT2D eigenvalue weighted by Gasteiger charge is -2.09. The Morgan fingerprint density at radius 3 is 2.42 bits per heavy atom. The zero-order valence-electron chi connectivity index (χ0n) is 17.9. The van der Waals surface area contributed by atoms with Crippen LogP contribution in [0.3, 0.4) is 0 Å². The number of benzene rings is 2. The fourth-order valence-corrected chi connectivity index (χ4v) is 4.79. The van der Waals surface area contributed by atoms with Crippen LogP contribution >= 0.6 is 11.3 Å². The molecule has 1 amide bonds. The first-order chi connectivity index (χ1) is 15.2. The van der Waals surface area contributed by atoms with Gasteiger partial charge in [-0.3, -0.25) is 9.79 Å². The van der Waals surface area contributed by atoms with Crippen molar-refractivity contribution < 1.29 is 9.53 Å². The van der Waals surface area contributed by atoms with E-state index in [-0.39, 0.29) is 5.91 Å². The molecule has 0 atom stereocenters. The van der Waals surface area contributed by atoms with E-state index in [0.717, 1.165) is 27.7 Å². The standard InChI is InChI=1S/C25H29N3O2S/c1-28-21(18-31-25(28)27-19-9-5-2-3-6-10-19)17-24(29)26-20-13-15-23(16-14-20)30-22-11-7-4-8-12-22/h4,7-8,11-16,18-19H,2-3,5-6,9-10,17H2,1H3,(H,26,29). The van der Waals surface area contributed by atoms with Crippen molar-refractivity contribution >= 4 is 22.9 Å². The smallest absolute Gasteiger partial charge is 0.230 e. The minimum atomic E-state index is -0.0360. The van der Waals surface area contributed by atoms with Crippen LogP contribution in [-0.4, -0.2) is 16.5 Å². The van der Waals surface area contributed by atoms with Crippen molar-refractivity contribution in [3.8, 4) is 11.5 Å². The number of hydrogen-bond donors (Lipinski definition) is 1. The second kappa shape index (κ2) is 10.4. The highest BCUT2D eigenvalue weighted by Crippen LogP contribution is 2.23. The van der Waals surface area contributed by atoms with Crippen molar-refractivity contribution in [2.45, 2.75) is 51.0 Å². The number of carbonyl (C=O) groups excluding carboxylic acids is 1. The molecular weight excluding hydrogens is 406 g/mol. The number of aromatic nitrogens is 1. The van der Waals surface area contributed by atoms with Gasteiger partial charge in [0, 0.05) is 23.8 Å². The number of nitrogens with one attached hydrogen (secondary N) is 1. The number of ether oxygens (including phenoxy) is 1. The normalized spacial score (nSPS) is 15.5. The average Bonchev–Trinajstić information content (AvgIpc) is 2.96. The highest BCUT2D eigenvalue weighted by atomic mass is 32.1. The molecule has 1 aromatic heterocycles. The summed E-state index contributed by atoms with van der Waals surface area (Å²) in [6, 6.07) is 17.5. The number of rotatable bonds is 6. The van der Waals surface area contributed by atoms with Crippen LogP contribution < -0.4 is 14.9 Å². The maximum Gasteiger partial charge on any atom is 0.230 e. The van der Waals surface area contributed by atoms with Gasteiger partial charge in [-0.15, -0.1) is 11.3 Å². The molecule has 5 nitrogen and oxygen atoms in total. The number of nitrogens with zero attached hydrogens (tertiary/aromatic N) is 2. The molecule has 162 valence electrons. The Labute approximate surface area is 187 Å². The van der Waals surface area contributed by atoms with Gasteiger partial charge in [0.05, 0.1) is 12.5 Å². The third kappa shape index (κ3) is 6.07. The number of amides is 1. The van der Waals surface area contributed by atoms with Gasteiger partial charge in [-0.1, -0.05) is 43.9 Å². The molecule has 3 aromatic rings. The minimum absolute atomic E-state index is 0.0360. The van der Waals surface area contributed by atoms with Crippen LogP contribution in [0.4, 0.5) is 5.69 Å². The van der Waals surface area contributed by atoms with Gasteiger partial charge in [0.1, 0.15) is 11.5 Å². The molecule has 0 aliphatic heterocycles. The van der Waals surface area contributed by atoms with E-state index in [1.54, 1.807) is 11.3 Å². The van der Waals surface area contributed by atoms with Crippen molar-refractivity contribution in [3.63, 3.8) is 0 Å². The lowest BCUT2D eigenvalue weighted by atomic mass is 10.1. The molecule has 0 unspecified atom stereocenters. The molecule has 1 aliphatic rings. The van der Waals surface area contributed by atoms with Gasteiger partial charge in [-0.05, 0) is 49.2 Å². The highest BCUT2D eigenvalue weighted by molar-refractivity contribution is 7.07. The van der Waals surface area contributed by atoms with Gasteiger partial charge < -0.3 is 14.6 Å². The summed E-state index contributed by atoms with van der Waals surface area (Å²) >= 11 is 1.63. The summed E-state index contributed by atoms with van der Waals surface area (Å²) in [5, 5.41) is 5.02. The minimum Gasteiger partial charge on any atom is -0.457 e. The summed E-state index contributed by atoms with van der Waals surface area (Å²) in [4.78, 5) is 18.6. The highest BCUT2D eigenvalue weighted by Gasteiger charge is 2.13. The van der Waals surface area contributed by atoms with Crippen LogP contribution in [-0.2, 0) is 18.3 Å². The number of hydrogen-bond acceptors (Lipinski definition) is 4. The summed E-state index contributed by atoms with van der Waals surface area (Å²) in [6.45, 7) is 0. The van der Waals surface area contributed by atoms with Crippen molar-refractivity contribution in [1.82, 2.24) is 4.57 Å². The molecule has 0 saturated heterocycles. The molecule has 1 saturated carbocycles. The van der Waals surface area contributed by atoms with E-state index in [2.05, 4.69) is 9.88 Å². The van der Waals surface area contributed by atoms with Gasteiger partial charge >= 0.3 is 0 Å². The van der Waals surface area contributed by atoms with Crippen LogP contribution in [0, 0.1) is 0 Å². The maximum absolute atomic E-state index is 12.6.